The van der Waals surface area contributed by atoms with Gasteiger partial charge >= 0.3 is 5.97 Å². The van der Waals surface area contributed by atoms with Gasteiger partial charge in [0.25, 0.3) is 0 Å². The molecule has 2 N–H and O–H groups in total. The van der Waals surface area contributed by atoms with E-state index in [1.54, 1.807) is 6.07 Å². The van der Waals surface area contributed by atoms with Crippen LogP contribution in [0.25, 0.3) is 0 Å². The summed E-state index contributed by atoms with van der Waals surface area (Å²) in [7, 11) is 0. The second-order valence-electron chi connectivity index (χ2n) is 5.00. The molecule has 19 heavy (non-hydrogen) atoms. The summed E-state index contributed by atoms with van der Waals surface area (Å²) in [6.45, 7) is 2.08. The minimum Gasteiger partial charge on any atom is -0.478 e. The van der Waals surface area contributed by atoms with Crippen LogP contribution in [-0.4, -0.2) is 17.0 Å². The van der Waals surface area contributed by atoms with E-state index < -0.39 is 5.97 Å². The average molecular weight is 326 g/mol. The Labute approximate surface area is 120 Å². The number of anilines is 1. The Hall–Kier alpha value is -1.36. The van der Waals surface area contributed by atoms with E-state index in [1.165, 1.54) is 12.1 Å². The summed E-state index contributed by atoms with van der Waals surface area (Å²) in [5.74, 6) is -0.604. The molecule has 1 aromatic rings. The lowest BCUT2D eigenvalue weighted by molar-refractivity contribution is -0.120. The van der Waals surface area contributed by atoms with E-state index in [4.69, 9.17) is 5.11 Å². The zero-order valence-electron chi connectivity index (χ0n) is 10.6. The molecule has 1 amide bonds. The predicted octanol–water partition coefficient (Wildman–Crippen LogP) is 3.52. The Balaban J connectivity index is 2.16. The minimum absolute atomic E-state index is 0.0201. The number of carbonyl (C=O) groups is 2. The van der Waals surface area contributed by atoms with Crippen molar-refractivity contribution < 1.29 is 14.7 Å². The molecular formula is C14H16BrNO3. The van der Waals surface area contributed by atoms with Crippen LogP contribution in [0.5, 0.6) is 0 Å². The smallest absolute Gasteiger partial charge is 0.335 e. The van der Waals surface area contributed by atoms with Gasteiger partial charge < -0.3 is 10.4 Å². The van der Waals surface area contributed by atoms with E-state index in [1.807, 2.05) is 0 Å². The Morgan fingerprint density at radius 2 is 2.11 bits per heavy atom. The molecule has 0 aromatic heterocycles. The van der Waals surface area contributed by atoms with Gasteiger partial charge in [-0.15, -0.1) is 0 Å². The van der Waals surface area contributed by atoms with Crippen molar-refractivity contribution in [2.75, 3.05) is 5.32 Å². The summed E-state index contributed by atoms with van der Waals surface area (Å²) in [4.78, 5) is 23.1. The van der Waals surface area contributed by atoms with E-state index in [0.717, 1.165) is 19.3 Å². The second-order valence-corrected chi connectivity index (χ2v) is 5.86. The Morgan fingerprint density at radius 1 is 1.37 bits per heavy atom. The summed E-state index contributed by atoms with van der Waals surface area (Å²) in [6.07, 6.45) is 3.06. The van der Waals surface area contributed by atoms with Gasteiger partial charge in [0.2, 0.25) is 5.91 Å². The zero-order chi connectivity index (χ0) is 14.0. The van der Waals surface area contributed by atoms with Crippen LogP contribution in [0, 0.1) is 11.8 Å². The van der Waals surface area contributed by atoms with Crippen LogP contribution in [0.2, 0.25) is 0 Å². The number of halogens is 1. The van der Waals surface area contributed by atoms with Crippen LogP contribution in [0.4, 0.5) is 5.69 Å². The third kappa shape index (κ3) is 3.15. The highest BCUT2D eigenvalue weighted by atomic mass is 79.9. The van der Waals surface area contributed by atoms with Gasteiger partial charge in [-0.2, -0.15) is 0 Å². The van der Waals surface area contributed by atoms with Crippen molar-refractivity contribution >= 4 is 33.5 Å². The van der Waals surface area contributed by atoms with Crippen molar-refractivity contribution in [2.24, 2.45) is 11.8 Å². The van der Waals surface area contributed by atoms with E-state index in [0.29, 0.717) is 16.1 Å². The summed E-state index contributed by atoms with van der Waals surface area (Å²) in [6, 6.07) is 4.61. The van der Waals surface area contributed by atoms with Crippen molar-refractivity contribution in [1.29, 1.82) is 0 Å². The first-order valence-electron chi connectivity index (χ1n) is 6.32. The van der Waals surface area contributed by atoms with E-state index >= 15 is 0 Å². The largest absolute Gasteiger partial charge is 0.478 e. The summed E-state index contributed by atoms with van der Waals surface area (Å²) in [5, 5.41) is 11.8. The highest BCUT2D eigenvalue weighted by Gasteiger charge is 2.29. The van der Waals surface area contributed by atoms with Crippen LogP contribution in [0.15, 0.2) is 22.7 Å². The number of carbonyl (C=O) groups excluding carboxylic acids is 1. The van der Waals surface area contributed by atoms with E-state index in [9.17, 15) is 9.59 Å². The molecule has 2 unspecified atom stereocenters. The lowest BCUT2D eigenvalue weighted by Crippen LogP contribution is -2.24. The fraction of sp³-hybridized carbons (Fsp3) is 0.429. The molecule has 0 saturated heterocycles. The highest BCUT2D eigenvalue weighted by molar-refractivity contribution is 9.10. The molecule has 0 bridgehead atoms. The van der Waals surface area contributed by atoms with Crippen molar-refractivity contribution in [3.05, 3.63) is 28.2 Å². The van der Waals surface area contributed by atoms with Gasteiger partial charge in [-0.25, -0.2) is 4.79 Å². The fourth-order valence-electron chi connectivity index (χ4n) is 2.51. The molecule has 0 radical (unpaired) electrons. The van der Waals surface area contributed by atoms with Gasteiger partial charge in [0, 0.05) is 10.4 Å². The molecule has 0 spiro atoms. The molecule has 4 nitrogen and oxygen atoms in total. The quantitative estimate of drug-likeness (QED) is 0.893. The first-order valence-corrected chi connectivity index (χ1v) is 7.12. The third-order valence-electron chi connectivity index (χ3n) is 3.67. The van der Waals surface area contributed by atoms with Gasteiger partial charge in [0.05, 0.1) is 11.3 Å². The van der Waals surface area contributed by atoms with Crippen LogP contribution < -0.4 is 5.32 Å². The predicted molar refractivity (Wildman–Crippen MR) is 76.2 cm³/mol. The standard InChI is InChI=1S/C14H16BrNO3/c1-8-3-2-4-10(8)13(17)16-12-7-9(14(18)19)5-6-11(12)15/h5-8,10H,2-4H2,1H3,(H,16,17)(H,18,19). The zero-order valence-corrected chi connectivity index (χ0v) is 12.2. The van der Waals surface area contributed by atoms with Gasteiger partial charge in [0.1, 0.15) is 0 Å². The number of rotatable bonds is 3. The van der Waals surface area contributed by atoms with Gasteiger partial charge in [-0.05, 0) is 52.9 Å². The molecule has 102 valence electrons. The van der Waals surface area contributed by atoms with Crippen molar-refractivity contribution in [3.63, 3.8) is 0 Å². The van der Waals surface area contributed by atoms with Crippen LogP contribution in [-0.2, 0) is 4.79 Å². The maximum Gasteiger partial charge on any atom is 0.335 e. The number of benzene rings is 1. The number of carboxylic acids is 1. The van der Waals surface area contributed by atoms with E-state index in [-0.39, 0.29) is 17.4 Å². The topological polar surface area (TPSA) is 66.4 Å². The monoisotopic (exact) mass is 325 g/mol. The minimum atomic E-state index is -1.00. The Morgan fingerprint density at radius 3 is 2.68 bits per heavy atom. The molecule has 1 saturated carbocycles. The molecule has 2 rings (SSSR count). The van der Waals surface area contributed by atoms with Crippen LogP contribution in [0.1, 0.15) is 36.5 Å². The maximum absolute atomic E-state index is 12.2. The SMILES string of the molecule is CC1CCCC1C(=O)Nc1cc(C(=O)O)ccc1Br. The van der Waals surface area contributed by atoms with E-state index in [2.05, 4.69) is 28.2 Å². The molecule has 2 atom stereocenters. The molecule has 1 aliphatic carbocycles. The number of nitrogens with one attached hydrogen (secondary N) is 1. The maximum atomic E-state index is 12.2. The Kier molecular flexibility index (Phi) is 4.24. The molecule has 5 heteroatoms. The van der Waals surface area contributed by atoms with Crippen molar-refractivity contribution in [2.45, 2.75) is 26.2 Å². The molecular weight excluding hydrogens is 310 g/mol. The highest BCUT2D eigenvalue weighted by Crippen LogP contribution is 2.33. The number of hydrogen-bond donors (Lipinski definition) is 2. The number of hydrogen-bond acceptors (Lipinski definition) is 2. The number of carboxylic acid groups (broad SMARTS) is 1. The molecule has 0 aliphatic heterocycles. The lowest BCUT2D eigenvalue weighted by Gasteiger charge is -2.16. The van der Waals surface area contributed by atoms with Crippen LogP contribution >= 0.6 is 15.9 Å². The summed E-state index contributed by atoms with van der Waals surface area (Å²) in [5.41, 5.74) is 0.682. The third-order valence-corrected chi connectivity index (χ3v) is 4.36. The first kappa shape index (κ1) is 14.1. The fourth-order valence-corrected chi connectivity index (χ4v) is 2.86. The normalized spacial score (nSPS) is 22.2. The average Bonchev–Trinajstić information content (AvgIpc) is 2.78. The summed E-state index contributed by atoms with van der Waals surface area (Å²) < 4.78 is 0.691. The first-order chi connectivity index (χ1) is 8.99. The second kappa shape index (κ2) is 5.74. The van der Waals surface area contributed by atoms with Gasteiger partial charge in [-0.3, -0.25) is 4.79 Å². The van der Waals surface area contributed by atoms with Crippen molar-refractivity contribution in [1.82, 2.24) is 0 Å². The van der Waals surface area contributed by atoms with Crippen molar-refractivity contribution in [3.8, 4) is 0 Å². The lowest BCUT2D eigenvalue weighted by atomic mass is 9.97. The molecule has 0 heterocycles. The Bertz CT molecular complexity index is 515. The summed E-state index contributed by atoms with van der Waals surface area (Å²) >= 11 is 3.32. The number of aromatic carboxylic acids is 1. The van der Waals surface area contributed by atoms with Gasteiger partial charge in [-0.1, -0.05) is 13.3 Å². The molecule has 1 fully saturated rings. The van der Waals surface area contributed by atoms with Crippen LogP contribution in [0.3, 0.4) is 0 Å². The van der Waals surface area contributed by atoms with Gasteiger partial charge in [0.15, 0.2) is 0 Å². The molecule has 1 aliphatic rings. The molecule has 1 aromatic carbocycles. The number of amides is 1.